The summed E-state index contributed by atoms with van der Waals surface area (Å²) in [6, 6.07) is 0. The minimum absolute atomic E-state index is 0.108. The van der Waals surface area contributed by atoms with Crippen molar-refractivity contribution in [2.24, 2.45) is 5.92 Å². The van der Waals surface area contributed by atoms with Crippen LogP contribution in [0.4, 0.5) is 0 Å². The minimum atomic E-state index is -4.78. The second kappa shape index (κ2) is 30.0. The van der Waals surface area contributed by atoms with Crippen LogP contribution in [-0.4, -0.2) is 46.8 Å². The van der Waals surface area contributed by atoms with E-state index in [-0.39, 0.29) is 25.2 Å². The van der Waals surface area contributed by atoms with Crippen molar-refractivity contribution in [3.63, 3.8) is 0 Å². The average Bonchev–Trinajstić information content (AvgIpc) is 3.01. The monoisotopic (exact) mass is 668 g/mol. The Morgan fingerprint density at radius 1 is 0.717 bits per heavy atom. The van der Waals surface area contributed by atoms with Gasteiger partial charge >= 0.3 is 19.8 Å². The molecule has 46 heavy (non-hydrogen) atoms. The minimum Gasteiger partial charge on any atom is -0.462 e. The van der Waals surface area contributed by atoms with E-state index in [2.05, 4.69) is 25.3 Å². The Labute approximate surface area is 278 Å². The van der Waals surface area contributed by atoms with Crippen LogP contribution in [0.15, 0.2) is 48.6 Å². The van der Waals surface area contributed by atoms with Crippen LogP contribution >= 0.6 is 7.82 Å². The predicted molar refractivity (Wildman–Crippen MR) is 184 cm³/mol. The van der Waals surface area contributed by atoms with E-state index in [0.29, 0.717) is 25.7 Å². The zero-order chi connectivity index (χ0) is 34.3. The highest BCUT2D eigenvalue weighted by molar-refractivity contribution is 7.46. The van der Waals surface area contributed by atoms with E-state index in [0.717, 1.165) is 57.3 Å². The van der Waals surface area contributed by atoms with Gasteiger partial charge in [-0.3, -0.25) is 18.9 Å². The van der Waals surface area contributed by atoms with Crippen molar-refractivity contribution >= 4 is 25.5 Å². The SMILES string of the molecule is CCCCCC(=O)/C=C/C=C\C/C=C\C/C=C\CCCC(=O)O[C@H](COC(=O)CCCCCCCCC(C)CC)COP(=O)(O)O. The molecule has 0 aromatic rings. The maximum Gasteiger partial charge on any atom is 0.469 e. The van der Waals surface area contributed by atoms with E-state index in [4.69, 9.17) is 19.3 Å². The molecule has 0 bridgehead atoms. The number of rotatable bonds is 30. The van der Waals surface area contributed by atoms with Gasteiger partial charge in [-0.15, -0.1) is 0 Å². The lowest BCUT2D eigenvalue weighted by Crippen LogP contribution is -2.29. The highest BCUT2D eigenvalue weighted by Gasteiger charge is 2.22. The Balaban J connectivity index is 4.20. The first kappa shape index (κ1) is 43.7. The molecule has 9 nitrogen and oxygen atoms in total. The third-order valence-electron chi connectivity index (χ3n) is 7.37. The molecule has 0 aliphatic carbocycles. The number of phosphoric ester groups is 1. The molecule has 0 rings (SSSR count). The molecule has 1 unspecified atom stereocenters. The lowest BCUT2D eigenvalue weighted by atomic mass is 10.00. The van der Waals surface area contributed by atoms with Gasteiger partial charge in [-0.2, -0.15) is 0 Å². The van der Waals surface area contributed by atoms with E-state index in [9.17, 15) is 18.9 Å². The number of hydrogen-bond acceptors (Lipinski definition) is 7. The molecule has 2 N–H and O–H groups in total. The molecule has 0 fully saturated rings. The fourth-order valence-corrected chi connectivity index (χ4v) is 4.71. The molecular weight excluding hydrogens is 607 g/mol. The summed E-state index contributed by atoms with van der Waals surface area (Å²) in [7, 11) is -4.78. The van der Waals surface area contributed by atoms with Crippen LogP contribution in [0.3, 0.4) is 0 Å². The molecule has 0 aromatic carbocycles. The topological polar surface area (TPSA) is 136 Å². The van der Waals surface area contributed by atoms with Gasteiger partial charge < -0.3 is 19.3 Å². The Morgan fingerprint density at radius 3 is 2.04 bits per heavy atom. The third-order valence-corrected chi connectivity index (χ3v) is 7.85. The van der Waals surface area contributed by atoms with Crippen LogP contribution in [0.2, 0.25) is 0 Å². The first-order valence-electron chi connectivity index (χ1n) is 17.3. The Morgan fingerprint density at radius 2 is 1.35 bits per heavy atom. The van der Waals surface area contributed by atoms with Gasteiger partial charge in [0.1, 0.15) is 6.61 Å². The van der Waals surface area contributed by atoms with Crippen LogP contribution in [0.25, 0.3) is 0 Å². The number of esters is 2. The molecule has 0 amide bonds. The van der Waals surface area contributed by atoms with Gasteiger partial charge in [0, 0.05) is 19.3 Å². The van der Waals surface area contributed by atoms with Crippen molar-refractivity contribution in [2.45, 2.75) is 142 Å². The summed E-state index contributed by atoms with van der Waals surface area (Å²) < 4.78 is 26.1. The number of carbonyl (C=O) groups is 3. The zero-order valence-corrected chi connectivity index (χ0v) is 29.5. The summed E-state index contributed by atoms with van der Waals surface area (Å²) in [5.41, 5.74) is 0. The van der Waals surface area contributed by atoms with Crippen LogP contribution < -0.4 is 0 Å². The largest absolute Gasteiger partial charge is 0.469 e. The van der Waals surface area contributed by atoms with Gasteiger partial charge in [-0.05, 0) is 50.5 Å². The van der Waals surface area contributed by atoms with E-state index >= 15 is 0 Å². The molecule has 264 valence electrons. The summed E-state index contributed by atoms with van der Waals surface area (Å²) in [6.07, 6.45) is 29.8. The van der Waals surface area contributed by atoms with E-state index in [1.54, 1.807) is 12.2 Å². The second-order valence-corrected chi connectivity index (χ2v) is 13.0. The van der Waals surface area contributed by atoms with Gasteiger partial charge in [0.2, 0.25) is 0 Å². The number of unbranched alkanes of at least 4 members (excludes halogenated alkanes) is 8. The van der Waals surface area contributed by atoms with Crippen molar-refractivity contribution in [1.82, 2.24) is 0 Å². The molecule has 0 aromatic heterocycles. The quantitative estimate of drug-likeness (QED) is 0.0192. The Hall–Kier alpha value is -2.32. The molecule has 0 saturated carbocycles. The summed E-state index contributed by atoms with van der Waals surface area (Å²) >= 11 is 0. The molecule has 0 heterocycles. The summed E-state index contributed by atoms with van der Waals surface area (Å²) in [5.74, 6) is -0.0550. The number of ketones is 1. The van der Waals surface area contributed by atoms with Crippen molar-refractivity contribution in [2.75, 3.05) is 13.2 Å². The van der Waals surface area contributed by atoms with Crippen molar-refractivity contribution in [1.29, 1.82) is 0 Å². The predicted octanol–water partition coefficient (Wildman–Crippen LogP) is 9.04. The van der Waals surface area contributed by atoms with Crippen LogP contribution in [-0.2, 0) is 32.9 Å². The third kappa shape index (κ3) is 31.7. The van der Waals surface area contributed by atoms with E-state index < -0.39 is 32.5 Å². The summed E-state index contributed by atoms with van der Waals surface area (Å²) in [5, 5.41) is 0. The Bertz CT molecular complexity index is 965. The number of ether oxygens (including phenoxy) is 2. The molecule has 0 aliphatic heterocycles. The lowest BCUT2D eigenvalue weighted by Gasteiger charge is -2.18. The number of hydrogen-bond donors (Lipinski definition) is 2. The molecular formula is C36H61O9P. The number of phosphoric acid groups is 1. The van der Waals surface area contributed by atoms with Crippen LogP contribution in [0, 0.1) is 5.92 Å². The fourth-order valence-electron chi connectivity index (χ4n) is 4.35. The normalized spacial score (nSPS) is 13.7. The van der Waals surface area contributed by atoms with Gasteiger partial charge in [0.25, 0.3) is 0 Å². The molecule has 0 spiro atoms. The highest BCUT2D eigenvalue weighted by Crippen LogP contribution is 2.35. The first-order valence-corrected chi connectivity index (χ1v) is 18.8. The van der Waals surface area contributed by atoms with Crippen LogP contribution in [0.1, 0.15) is 136 Å². The fraction of sp³-hybridized carbons (Fsp3) is 0.694. The van der Waals surface area contributed by atoms with Crippen molar-refractivity contribution in [3.8, 4) is 0 Å². The molecule has 2 atom stereocenters. The van der Waals surface area contributed by atoms with Crippen molar-refractivity contribution in [3.05, 3.63) is 48.6 Å². The van der Waals surface area contributed by atoms with Crippen LogP contribution in [0.5, 0.6) is 0 Å². The maximum atomic E-state index is 12.3. The molecule has 0 saturated heterocycles. The number of allylic oxidation sites excluding steroid dienone is 8. The second-order valence-electron chi connectivity index (χ2n) is 11.8. The van der Waals surface area contributed by atoms with E-state index in [1.165, 1.54) is 25.7 Å². The van der Waals surface area contributed by atoms with Crippen molar-refractivity contribution < 1.29 is 42.7 Å². The molecule has 10 heteroatoms. The maximum absolute atomic E-state index is 12.3. The average molecular weight is 669 g/mol. The Kier molecular flexibility index (Phi) is 28.5. The number of carbonyl (C=O) groups excluding carboxylic acids is 3. The summed E-state index contributed by atoms with van der Waals surface area (Å²) in [6.45, 7) is 5.71. The highest BCUT2D eigenvalue weighted by atomic mass is 31.2. The lowest BCUT2D eigenvalue weighted by molar-refractivity contribution is -0.161. The van der Waals surface area contributed by atoms with Gasteiger partial charge in [-0.25, -0.2) is 4.57 Å². The van der Waals surface area contributed by atoms with Gasteiger partial charge in [0.15, 0.2) is 11.9 Å². The smallest absolute Gasteiger partial charge is 0.462 e. The zero-order valence-electron chi connectivity index (χ0n) is 28.6. The first-order chi connectivity index (χ1) is 22.1. The molecule has 0 aliphatic rings. The standard InChI is InChI=1S/C36H61O9P/c1-4-6-20-26-33(37)27-22-17-12-10-8-7-9-11-13-19-24-29-36(39)45-34(31-44-46(40,41)42)30-43-35(38)28-23-18-15-14-16-21-25-32(3)5-2/h7-8,11-13,17,22,27,32,34H,4-6,9-10,14-16,18-21,23-26,28-31H2,1-3H3,(H2,40,41,42)/b8-7-,13-11-,17-12-,27-22+/t32?,34-/m1/s1. The summed E-state index contributed by atoms with van der Waals surface area (Å²) in [4.78, 5) is 54.2. The molecule has 0 radical (unpaired) electrons. The van der Waals surface area contributed by atoms with Gasteiger partial charge in [-0.1, -0.05) is 121 Å². The van der Waals surface area contributed by atoms with E-state index in [1.807, 2.05) is 36.5 Å². The van der Waals surface area contributed by atoms with Gasteiger partial charge in [0.05, 0.1) is 6.61 Å².